The summed E-state index contributed by atoms with van der Waals surface area (Å²) in [6, 6.07) is 0. The molecule has 8 heavy (non-hydrogen) atoms. The maximum Gasteiger partial charge on any atom is 0.458 e. The number of halogens is 3. The van der Waals surface area contributed by atoms with Crippen LogP contribution < -0.4 is 0 Å². The lowest BCUT2D eigenvalue weighted by Gasteiger charge is -2.02. The lowest BCUT2D eigenvalue weighted by molar-refractivity contribution is 0.604. The first-order chi connectivity index (χ1) is 3.56. The summed E-state index contributed by atoms with van der Waals surface area (Å²) >= 11 is 16.3. The SMILES string of the molecule is O=[S+]CCC(Cl)(Cl)Cl. The largest absolute Gasteiger partial charge is 0.458 e. The normalized spacial score (nSPS) is 11.4. The van der Waals surface area contributed by atoms with Gasteiger partial charge in [-0.1, -0.05) is 34.8 Å². The highest BCUT2D eigenvalue weighted by Gasteiger charge is 2.22. The molecular weight excluding hydrogens is 190 g/mol. The third-order valence-corrected chi connectivity index (χ3v) is 1.41. The van der Waals surface area contributed by atoms with Crippen LogP contribution in [0.2, 0.25) is 0 Å². The van der Waals surface area contributed by atoms with Crippen LogP contribution in [-0.2, 0) is 15.9 Å². The van der Waals surface area contributed by atoms with E-state index in [9.17, 15) is 4.21 Å². The van der Waals surface area contributed by atoms with Crippen LogP contribution in [0, 0.1) is 0 Å². The Morgan fingerprint density at radius 2 is 1.88 bits per heavy atom. The van der Waals surface area contributed by atoms with E-state index in [-0.39, 0.29) is 0 Å². The van der Waals surface area contributed by atoms with Crippen LogP contribution in [0.15, 0.2) is 0 Å². The molecule has 1 nitrogen and oxygen atoms in total. The summed E-state index contributed by atoms with van der Waals surface area (Å²) in [5.41, 5.74) is 0. The molecule has 0 aliphatic carbocycles. The molecule has 0 spiro atoms. The van der Waals surface area contributed by atoms with Crippen molar-refractivity contribution in [3.63, 3.8) is 0 Å². The summed E-state index contributed by atoms with van der Waals surface area (Å²) in [6.07, 6.45) is 0.311. The summed E-state index contributed by atoms with van der Waals surface area (Å²) < 4.78 is 8.46. The van der Waals surface area contributed by atoms with Crippen LogP contribution in [0.4, 0.5) is 0 Å². The Balaban J connectivity index is 3.24. The maximum atomic E-state index is 9.72. The fraction of sp³-hybridized carbons (Fsp3) is 1.00. The molecular formula is C3H4Cl3OS+. The van der Waals surface area contributed by atoms with Crippen molar-refractivity contribution >= 4 is 46.5 Å². The van der Waals surface area contributed by atoms with Crippen molar-refractivity contribution in [1.29, 1.82) is 0 Å². The lowest BCUT2D eigenvalue weighted by atomic mass is 10.6. The Hall–Kier alpha value is 0.890. The van der Waals surface area contributed by atoms with Gasteiger partial charge in [0.1, 0.15) is 0 Å². The number of alkyl halides is 3. The summed E-state index contributed by atoms with van der Waals surface area (Å²) in [4.78, 5) is 0. The van der Waals surface area contributed by atoms with Gasteiger partial charge in [0.2, 0.25) is 5.75 Å². The van der Waals surface area contributed by atoms with Crippen LogP contribution in [0.5, 0.6) is 0 Å². The van der Waals surface area contributed by atoms with Gasteiger partial charge in [0.15, 0.2) is 3.79 Å². The van der Waals surface area contributed by atoms with E-state index in [4.69, 9.17) is 34.8 Å². The van der Waals surface area contributed by atoms with E-state index >= 15 is 0 Å². The van der Waals surface area contributed by atoms with Crippen molar-refractivity contribution in [2.24, 2.45) is 0 Å². The van der Waals surface area contributed by atoms with Crippen LogP contribution in [0.1, 0.15) is 6.42 Å². The second-order valence-corrected chi connectivity index (χ2v) is 4.35. The van der Waals surface area contributed by atoms with Gasteiger partial charge in [-0.05, 0) is 0 Å². The Labute approximate surface area is 66.8 Å². The molecule has 0 aromatic carbocycles. The predicted molar refractivity (Wildman–Crippen MR) is 37.8 cm³/mol. The van der Waals surface area contributed by atoms with Crippen molar-refractivity contribution in [3.05, 3.63) is 0 Å². The molecule has 0 aliphatic rings. The molecule has 0 heterocycles. The Bertz CT molecular complexity index is 79.1. The zero-order chi connectivity index (χ0) is 6.62. The molecule has 0 bridgehead atoms. The zero-order valence-corrected chi connectivity index (χ0v) is 6.95. The third-order valence-electron chi connectivity index (χ3n) is 0.469. The Morgan fingerprint density at radius 1 is 1.38 bits per heavy atom. The predicted octanol–water partition coefficient (Wildman–Crippen LogP) is 2.17. The van der Waals surface area contributed by atoms with Crippen LogP contribution in [0.25, 0.3) is 0 Å². The number of rotatable bonds is 2. The van der Waals surface area contributed by atoms with E-state index < -0.39 is 3.79 Å². The highest BCUT2D eigenvalue weighted by molar-refractivity contribution is 7.65. The first-order valence-electron chi connectivity index (χ1n) is 1.88. The van der Waals surface area contributed by atoms with Crippen molar-refractivity contribution < 1.29 is 4.21 Å². The fourth-order valence-electron chi connectivity index (χ4n) is 0.157. The molecule has 0 fully saturated rings. The molecule has 0 amide bonds. The van der Waals surface area contributed by atoms with Crippen LogP contribution in [-0.4, -0.2) is 9.55 Å². The minimum atomic E-state index is -1.25. The van der Waals surface area contributed by atoms with E-state index in [2.05, 4.69) is 0 Å². The van der Waals surface area contributed by atoms with Gasteiger partial charge < -0.3 is 0 Å². The van der Waals surface area contributed by atoms with E-state index in [1.807, 2.05) is 0 Å². The van der Waals surface area contributed by atoms with E-state index in [0.717, 1.165) is 0 Å². The van der Waals surface area contributed by atoms with Gasteiger partial charge in [0, 0.05) is 4.21 Å². The van der Waals surface area contributed by atoms with Gasteiger partial charge in [-0.15, -0.1) is 0 Å². The van der Waals surface area contributed by atoms with Crippen molar-refractivity contribution in [2.75, 3.05) is 5.75 Å². The maximum absolute atomic E-state index is 9.72. The summed E-state index contributed by atoms with van der Waals surface area (Å²) in [5, 5.41) is 0. The van der Waals surface area contributed by atoms with Gasteiger partial charge in [-0.2, -0.15) is 0 Å². The molecule has 0 N–H and O–H groups in total. The average Bonchev–Trinajstić information content (AvgIpc) is 1.59. The molecule has 0 unspecified atom stereocenters. The second-order valence-electron chi connectivity index (χ2n) is 1.19. The zero-order valence-electron chi connectivity index (χ0n) is 3.86. The number of hydrogen-bond donors (Lipinski definition) is 0. The molecule has 0 atom stereocenters. The molecule has 0 aromatic heterocycles. The molecule has 0 saturated heterocycles. The molecule has 0 aromatic rings. The molecule has 48 valence electrons. The topological polar surface area (TPSA) is 17.1 Å². The van der Waals surface area contributed by atoms with Crippen LogP contribution >= 0.6 is 34.8 Å². The average molecular weight is 194 g/mol. The highest BCUT2D eigenvalue weighted by atomic mass is 35.6. The molecule has 0 rings (SSSR count). The summed E-state index contributed by atoms with van der Waals surface area (Å²) in [5.74, 6) is 0.344. The monoisotopic (exact) mass is 193 g/mol. The van der Waals surface area contributed by atoms with E-state index in [0.29, 0.717) is 23.8 Å². The number of hydrogen-bond acceptors (Lipinski definition) is 1. The highest BCUT2D eigenvalue weighted by Crippen LogP contribution is 2.29. The van der Waals surface area contributed by atoms with Crippen molar-refractivity contribution in [2.45, 2.75) is 10.2 Å². The minimum absolute atomic E-state index is 0.311. The first-order valence-corrected chi connectivity index (χ1v) is 3.92. The Kier molecular flexibility index (Phi) is 4.26. The molecule has 0 aliphatic heterocycles. The van der Waals surface area contributed by atoms with E-state index in [1.165, 1.54) is 0 Å². The standard InChI is InChI=1S/C3H4Cl3OS/c4-3(5,6)1-2-8-7/h1-2H2/q+1. The van der Waals surface area contributed by atoms with Crippen LogP contribution in [0.3, 0.4) is 0 Å². The third kappa shape index (κ3) is 6.89. The van der Waals surface area contributed by atoms with E-state index in [1.54, 1.807) is 0 Å². The fourth-order valence-corrected chi connectivity index (χ4v) is 1.17. The molecule has 5 heteroatoms. The van der Waals surface area contributed by atoms with Gasteiger partial charge in [0.05, 0.1) is 6.42 Å². The van der Waals surface area contributed by atoms with Gasteiger partial charge in [-0.3, -0.25) is 0 Å². The summed E-state index contributed by atoms with van der Waals surface area (Å²) in [6.45, 7) is 0. The molecule has 0 radical (unpaired) electrons. The second kappa shape index (κ2) is 3.83. The quantitative estimate of drug-likeness (QED) is 0.486. The van der Waals surface area contributed by atoms with Crippen molar-refractivity contribution in [3.8, 4) is 0 Å². The van der Waals surface area contributed by atoms with Gasteiger partial charge >= 0.3 is 11.7 Å². The minimum Gasteiger partial charge on any atom is -0.0835 e. The van der Waals surface area contributed by atoms with Crippen molar-refractivity contribution in [1.82, 2.24) is 0 Å². The smallest absolute Gasteiger partial charge is 0.0835 e. The Morgan fingerprint density at radius 3 is 2.00 bits per heavy atom. The van der Waals surface area contributed by atoms with Gasteiger partial charge in [0.25, 0.3) is 0 Å². The lowest BCUT2D eigenvalue weighted by Crippen LogP contribution is -2.03. The molecule has 0 saturated carbocycles. The first kappa shape index (κ1) is 8.89. The summed E-state index contributed by atoms with van der Waals surface area (Å²) in [7, 11) is 0. The van der Waals surface area contributed by atoms with Gasteiger partial charge in [-0.25, -0.2) is 0 Å².